The molecule has 0 radical (unpaired) electrons. The molecule has 1 aromatic carbocycles. The molecule has 0 saturated heterocycles. The number of aromatic nitrogens is 1. The zero-order valence-corrected chi connectivity index (χ0v) is 11.4. The molecule has 0 aliphatic carbocycles. The summed E-state index contributed by atoms with van der Waals surface area (Å²) in [5, 5.41) is 12.2. The zero-order valence-electron chi connectivity index (χ0n) is 9.02. The minimum absolute atomic E-state index is 0.0650. The van der Waals surface area contributed by atoms with E-state index in [0.717, 1.165) is 10.2 Å². The summed E-state index contributed by atoms with van der Waals surface area (Å²) >= 11 is 9.13. The summed E-state index contributed by atoms with van der Waals surface area (Å²) in [5.41, 5.74) is 0.782. The van der Waals surface area contributed by atoms with Crippen LogP contribution in [-0.4, -0.2) is 16.1 Å². The van der Waals surface area contributed by atoms with Gasteiger partial charge in [0.05, 0.1) is 5.69 Å². The summed E-state index contributed by atoms with van der Waals surface area (Å²) < 4.78 is 0.808. The minimum Gasteiger partial charge on any atom is -0.478 e. The van der Waals surface area contributed by atoms with Gasteiger partial charge in [0, 0.05) is 4.47 Å². The molecule has 0 fully saturated rings. The number of para-hydroxylation sites is 1. The Bertz CT molecular complexity index is 604. The van der Waals surface area contributed by atoms with Gasteiger partial charge >= 0.3 is 5.97 Å². The van der Waals surface area contributed by atoms with Crippen molar-refractivity contribution >= 4 is 45.0 Å². The number of nitrogens with one attached hydrogen (secondary N) is 1. The fourth-order valence-corrected chi connectivity index (χ4v) is 1.92. The molecule has 18 heavy (non-hydrogen) atoms. The molecular weight excluding hydrogens is 320 g/mol. The Balaban J connectivity index is 2.42. The van der Waals surface area contributed by atoms with E-state index >= 15 is 0 Å². The third-order valence-corrected chi connectivity index (χ3v) is 3.12. The predicted molar refractivity (Wildman–Crippen MR) is 73.6 cm³/mol. The van der Waals surface area contributed by atoms with Crippen LogP contribution >= 0.6 is 27.5 Å². The summed E-state index contributed by atoms with van der Waals surface area (Å²) in [5.74, 6) is -0.851. The number of benzene rings is 1. The summed E-state index contributed by atoms with van der Waals surface area (Å²) in [6.07, 6.45) is 0. The van der Waals surface area contributed by atoms with E-state index in [1.165, 1.54) is 12.1 Å². The van der Waals surface area contributed by atoms with Gasteiger partial charge in [0.1, 0.15) is 16.5 Å². The van der Waals surface area contributed by atoms with Crippen molar-refractivity contribution in [2.75, 3.05) is 5.32 Å². The molecule has 0 atom stereocenters. The van der Waals surface area contributed by atoms with Crippen LogP contribution in [0.25, 0.3) is 0 Å². The van der Waals surface area contributed by atoms with Crippen molar-refractivity contribution in [3.63, 3.8) is 0 Å². The Kier molecular flexibility index (Phi) is 3.84. The first-order valence-electron chi connectivity index (χ1n) is 4.99. The molecule has 6 heteroatoms. The molecule has 0 aliphatic rings. The second kappa shape index (κ2) is 5.37. The van der Waals surface area contributed by atoms with Crippen molar-refractivity contribution in [3.05, 3.63) is 51.6 Å². The average Bonchev–Trinajstić information content (AvgIpc) is 2.32. The van der Waals surface area contributed by atoms with Crippen molar-refractivity contribution in [1.82, 2.24) is 4.98 Å². The number of halogens is 2. The quantitative estimate of drug-likeness (QED) is 0.838. The van der Waals surface area contributed by atoms with E-state index in [-0.39, 0.29) is 16.5 Å². The number of carboxylic acid groups (broad SMARTS) is 1. The molecular formula is C12H8BrClN2O2. The largest absolute Gasteiger partial charge is 0.478 e. The van der Waals surface area contributed by atoms with Gasteiger partial charge < -0.3 is 10.4 Å². The molecule has 92 valence electrons. The lowest BCUT2D eigenvalue weighted by molar-refractivity contribution is 0.0697. The summed E-state index contributed by atoms with van der Waals surface area (Å²) in [4.78, 5) is 15.1. The number of rotatable bonds is 3. The molecule has 1 aromatic heterocycles. The molecule has 1 heterocycles. The summed E-state index contributed by atoms with van der Waals surface area (Å²) in [7, 11) is 0. The van der Waals surface area contributed by atoms with Crippen LogP contribution in [0.2, 0.25) is 5.15 Å². The van der Waals surface area contributed by atoms with Crippen LogP contribution in [-0.2, 0) is 0 Å². The van der Waals surface area contributed by atoms with Crippen LogP contribution in [0.4, 0.5) is 11.5 Å². The Hall–Kier alpha value is -1.59. The van der Waals surface area contributed by atoms with Crippen molar-refractivity contribution < 1.29 is 9.90 Å². The maximum Gasteiger partial charge on any atom is 0.339 e. The smallest absolute Gasteiger partial charge is 0.339 e. The lowest BCUT2D eigenvalue weighted by Crippen LogP contribution is -2.05. The molecule has 0 aliphatic heterocycles. The van der Waals surface area contributed by atoms with Crippen molar-refractivity contribution in [1.29, 1.82) is 0 Å². The van der Waals surface area contributed by atoms with Crippen LogP contribution < -0.4 is 5.32 Å². The number of hydrogen-bond acceptors (Lipinski definition) is 3. The highest BCUT2D eigenvalue weighted by atomic mass is 79.9. The van der Waals surface area contributed by atoms with Gasteiger partial charge in [0.2, 0.25) is 0 Å². The normalized spacial score (nSPS) is 10.1. The highest BCUT2D eigenvalue weighted by Gasteiger charge is 2.13. The van der Waals surface area contributed by atoms with E-state index in [0.29, 0.717) is 0 Å². The monoisotopic (exact) mass is 326 g/mol. The molecule has 0 saturated carbocycles. The van der Waals surface area contributed by atoms with Crippen molar-refractivity contribution in [2.24, 2.45) is 0 Å². The van der Waals surface area contributed by atoms with Crippen LogP contribution in [0.3, 0.4) is 0 Å². The SMILES string of the molecule is O=C(O)c1ccc(Cl)nc1Nc1ccccc1Br. The maximum absolute atomic E-state index is 11.1. The second-order valence-corrected chi connectivity index (χ2v) is 4.68. The molecule has 0 amide bonds. The molecule has 2 rings (SSSR count). The highest BCUT2D eigenvalue weighted by molar-refractivity contribution is 9.10. The lowest BCUT2D eigenvalue weighted by atomic mass is 10.2. The summed E-state index contributed by atoms with van der Waals surface area (Å²) in [6.45, 7) is 0. The number of carboxylic acids is 1. The highest BCUT2D eigenvalue weighted by Crippen LogP contribution is 2.27. The van der Waals surface area contributed by atoms with Crippen molar-refractivity contribution in [3.8, 4) is 0 Å². The zero-order chi connectivity index (χ0) is 13.1. The van der Waals surface area contributed by atoms with Gasteiger partial charge in [-0.15, -0.1) is 0 Å². The third kappa shape index (κ3) is 2.80. The van der Waals surface area contributed by atoms with Crippen LogP contribution in [0.1, 0.15) is 10.4 Å². The van der Waals surface area contributed by atoms with Gasteiger partial charge in [-0.25, -0.2) is 9.78 Å². The van der Waals surface area contributed by atoms with Gasteiger partial charge in [-0.05, 0) is 40.2 Å². The number of carbonyl (C=O) groups is 1. The molecule has 0 spiro atoms. The van der Waals surface area contributed by atoms with Gasteiger partial charge in [-0.2, -0.15) is 0 Å². The van der Waals surface area contributed by atoms with Gasteiger partial charge in [-0.3, -0.25) is 0 Å². The first-order chi connectivity index (χ1) is 8.58. The fraction of sp³-hybridized carbons (Fsp3) is 0. The third-order valence-electron chi connectivity index (χ3n) is 2.22. The minimum atomic E-state index is -1.06. The summed E-state index contributed by atoms with van der Waals surface area (Å²) in [6, 6.07) is 10.2. The number of aromatic carboxylic acids is 1. The van der Waals surface area contributed by atoms with E-state index < -0.39 is 5.97 Å². The second-order valence-electron chi connectivity index (χ2n) is 3.44. The average molecular weight is 328 g/mol. The first kappa shape index (κ1) is 12.9. The molecule has 2 N–H and O–H groups in total. The Morgan fingerprint density at radius 2 is 2.00 bits per heavy atom. The number of hydrogen-bond donors (Lipinski definition) is 2. The topological polar surface area (TPSA) is 62.2 Å². The molecule has 4 nitrogen and oxygen atoms in total. The first-order valence-corrected chi connectivity index (χ1v) is 6.16. The van der Waals surface area contributed by atoms with E-state index in [9.17, 15) is 4.79 Å². The molecule has 0 bridgehead atoms. The van der Waals surface area contributed by atoms with E-state index in [4.69, 9.17) is 16.7 Å². The van der Waals surface area contributed by atoms with Gasteiger partial charge in [-0.1, -0.05) is 23.7 Å². The number of nitrogens with zero attached hydrogens (tertiary/aromatic N) is 1. The van der Waals surface area contributed by atoms with Crippen LogP contribution in [0, 0.1) is 0 Å². The van der Waals surface area contributed by atoms with E-state index in [2.05, 4.69) is 26.2 Å². The Labute approximate surface area is 117 Å². The number of anilines is 2. The number of pyridine rings is 1. The van der Waals surface area contributed by atoms with E-state index in [1.54, 1.807) is 6.07 Å². The molecule has 0 unspecified atom stereocenters. The lowest BCUT2D eigenvalue weighted by Gasteiger charge is -2.10. The maximum atomic E-state index is 11.1. The van der Waals surface area contributed by atoms with Crippen LogP contribution in [0.5, 0.6) is 0 Å². The Morgan fingerprint density at radius 3 is 2.67 bits per heavy atom. The molecule has 2 aromatic rings. The van der Waals surface area contributed by atoms with Crippen molar-refractivity contribution in [2.45, 2.75) is 0 Å². The van der Waals surface area contributed by atoms with Crippen LogP contribution in [0.15, 0.2) is 40.9 Å². The van der Waals surface area contributed by atoms with Gasteiger partial charge in [0.15, 0.2) is 0 Å². The Morgan fingerprint density at radius 1 is 1.28 bits per heavy atom. The standard InChI is InChI=1S/C12H8BrClN2O2/c13-8-3-1-2-4-9(8)15-11-7(12(17)18)5-6-10(14)16-11/h1-6H,(H,15,16)(H,17,18). The van der Waals surface area contributed by atoms with E-state index in [1.807, 2.05) is 18.2 Å². The van der Waals surface area contributed by atoms with Gasteiger partial charge in [0.25, 0.3) is 0 Å². The predicted octanol–water partition coefficient (Wildman–Crippen LogP) is 3.94. The fourth-order valence-electron chi connectivity index (χ4n) is 1.39.